The number of sulfone groups is 1. The fraction of sp³-hybridized carbons (Fsp3) is 0.692. The van der Waals surface area contributed by atoms with Gasteiger partial charge >= 0.3 is 0 Å². The summed E-state index contributed by atoms with van der Waals surface area (Å²) in [5.74, 6) is 2.22. The Labute approximate surface area is 121 Å². The highest BCUT2D eigenvalue weighted by atomic mass is 32.2. The van der Waals surface area contributed by atoms with E-state index in [9.17, 15) is 8.42 Å². The first-order valence-corrected chi connectivity index (χ1v) is 8.82. The molecule has 2 N–H and O–H groups in total. The summed E-state index contributed by atoms with van der Waals surface area (Å²) in [4.78, 5) is 8.73. The molecule has 0 saturated carbocycles. The number of nitrogens with zero attached hydrogens (tertiary/aromatic N) is 2. The Morgan fingerprint density at radius 1 is 1.20 bits per heavy atom. The summed E-state index contributed by atoms with van der Waals surface area (Å²) in [7, 11) is -3.01. The summed E-state index contributed by atoms with van der Waals surface area (Å²) in [6.07, 6.45) is 2.24. The van der Waals surface area contributed by atoms with Crippen molar-refractivity contribution in [1.82, 2.24) is 9.97 Å². The number of nitrogens with one attached hydrogen (secondary N) is 2. The largest absolute Gasteiger partial charge is 0.370 e. The summed E-state index contributed by atoms with van der Waals surface area (Å²) >= 11 is 0. The Hall–Kier alpha value is -1.37. The fourth-order valence-electron chi connectivity index (χ4n) is 1.91. The van der Waals surface area contributed by atoms with Crippen LogP contribution in [0.1, 0.15) is 31.7 Å². The number of aryl methyl sites for hydroxylation is 1. The van der Waals surface area contributed by atoms with Crippen LogP contribution >= 0.6 is 0 Å². The van der Waals surface area contributed by atoms with Gasteiger partial charge in [-0.2, -0.15) is 0 Å². The summed E-state index contributed by atoms with van der Waals surface area (Å²) in [6.45, 7) is 8.51. The second-order valence-corrected chi connectivity index (χ2v) is 7.34. The van der Waals surface area contributed by atoms with Gasteiger partial charge in [-0.1, -0.05) is 6.92 Å². The summed E-state index contributed by atoms with van der Waals surface area (Å²) in [6, 6.07) is -0.197. The van der Waals surface area contributed by atoms with Gasteiger partial charge in [0.15, 0.2) is 0 Å². The normalized spacial score (nSPS) is 13.1. The van der Waals surface area contributed by atoms with E-state index in [-0.39, 0.29) is 11.8 Å². The molecule has 0 bridgehead atoms. The Bertz CT molecular complexity index is 558. The minimum absolute atomic E-state index is 0.0766. The van der Waals surface area contributed by atoms with Crippen molar-refractivity contribution in [1.29, 1.82) is 0 Å². The molecule has 1 atom stereocenters. The van der Waals surface area contributed by atoms with Crippen molar-refractivity contribution < 1.29 is 8.42 Å². The molecule has 1 aromatic heterocycles. The Kier molecular flexibility index (Phi) is 5.74. The SMILES string of the molecule is CCCNc1nc(C)nc(NC(C)CS(C)(=O)=O)c1C. The highest BCUT2D eigenvalue weighted by Crippen LogP contribution is 2.20. The average Bonchev–Trinajstić information content (AvgIpc) is 2.29. The van der Waals surface area contributed by atoms with Crippen molar-refractivity contribution in [3.63, 3.8) is 0 Å². The van der Waals surface area contributed by atoms with Crippen molar-refractivity contribution in [2.45, 2.75) is 40.2 Å². The van der Waals surface area contributed by atoms with E-state index in [1.165, 1.54) is 6.26 Å². The van der Waals surface area contributed by atoms with Gasteiger partial charge in [0.05, 0.1) is 5.75 Å². The standard InChI is InChI=1S/C13H24N4O2S/c1-6-7-14-12-10(3)13(17-11(4)16-12)15-9(2)8-20(5,18)19/h9H,6-8H2,1-5H3,(H2,14,15,16,17). The second kappa shape index (κ2) is 6.88. The van der Waals surface area contributed by atoms with Crippen molar-refractivity contribution in [3.05, 3.63) is 11.4 Å². The molecule has 1 rings (SSSR count). The Morgan fingerprint density at radius 2 is 1.80 bits per heavy atom. The van der Waals surface area contributed by atoms with Gasteiger partial charge in [-0.15, -0.1) is 0 Å². The van der Waals surface area contributed by atoms with Crippen molar-refractivity contribution in [3.8, 4) is 0 Å². The van der Waals surface area contributed by atoms with Gasteiger partial charge in [0.2, 0.25) is 0 Å². The summed E-state index contributed by atoms with van der Waals surface area (Å²) < 4.78 is 22.6. The van der Waals surface area contributed by atoms with Crippen LogP contribution in [-0.2, 0) is 9.84 Å². The summed E-state index contributed by atoms with van der Waals surface area (Å²) in [5.41, 5.74) is 0.907. The van der Waals surface area contributed by atoms with Gasteiger partial charge in [-0.3, -0.25) is 0 Å². The zero-order valence-corrected chi connectivity index (χ0v) is 13.6. The zero-order chi connectivity index (χ0) is 15.3. The summed E-state index contributed by atoms with van der Waals surface area (Å²) in [5, 5.41) is 6.41. The Balaban J connectivity index is 2.91. The fourth-order valence-corrected chi connectivity index (χ4v) is 2.91. The quantitative estimate of drug-likeness (QED) is 0.798. The molecule has 0 radical (unpaired) electrons. The van der Waals surface area contributed by atoms with Crippen LogP contribution in [0.5, 0.6) is 0 Å². The van der Waals surface area contributed by atoms with E-state index in [4.69, 9.17) is 0 Å². The third-order valence-corrected chi connectivity index (χ3v) is 3.84. The van der Waals surface area contributed by atoms with Crippen LogP contribution in [0, 0.1) is 13.8 Å². The van der Waals surface area contributed by atoms with Gasteiger partial charge in [-0.25, -0.2) is 18.4 Å². The maximum Gasteiger partial charge on any atom is 0.149 e. The third-order valence-electron chi connectivity index (χ3n) is 2.74. The van der Waals surface area contributed by atoms with E-state index in [0.29, 0.717) is 11.6 Å². The van der Waals surface area contributed by atoms with E-state index in [0.717, 1.165) is 24.3 Å². The van der Waals surface area contributed by atoms with Crippen LogP contribution in [0.2, 0.25) is 0 Å². The lowest BCUT2D eigenvalue weighted by atomic mass is 10.2. The zero-order valence-electron chi connectivity index (χ0n) is 12.8. The second-order valence-electron chi connectivity index (χ2n) is 5.16. The van der Waals surface area contributed by atoms with E-state index < -0.39 is 9.84 Å². The molecular weight excluding hydrogens is 276 g/mol. The van der Waals surface area contributed by atoms with Gasteiger partial charge in [-0.05, 0) is 27.2 Å². The number of aromatic nitrogens is 2. The van der Waals surface area contributed by atoms with Crippen molar-refractivity contribution >= 4 is 21.5 Å². The first kappa shape index (κ1) is 16.7. The van der Waals surface area contributed by atoms with Crippen LogP contribution in [-0.4, -0.2) is 43.0 Å². The smallest absolute Gasteiger partial charge is 0.149 e. The van der Waals surface area contributed by atoms with E-state index in [2.05, 4.69) is 27.5 Å². The predicted molar refractivity (Wildman–Crippen MR) is 83.1 cm³/mol. The van der Waals surface area contributed by atoms with Crippen molar-refractivity contribution in [2.24, 2.45) is 0 Å². The van der Waals surface area contributed by atoms with Crippen LogP contribution in [0.15, 0.2) is 0 Å². The predicted octanol–water partition coefficient (Wildman–Crippen LogP) is 1.76. The van der Waals surface area contributed by atoms with Gasteiger partial charge in [0.25, 0.3) is 0 Å². The van der Waals surface area contributed by atoms with Crippen LogP contribution < -0.4 is 10.6 Å². The number of rotatable bonds is 7. The lowest BCUT2D eigenvalue weighted by molar-refractivity contribution is 0.598. The van der Waals surface area contributed by atoms with Crippen LogP contribution in [0.3, 0.4) is 0 Å². The average molecular weight is 300 g/mol. The van der Waals surface area contributed by atoms with E-state index >= 15 is 0 Å². The first-order chi connectivity index (χ1) is 9.23. The molecule has 0 amide bonds. The topological polar surface area (TPSA) is 84.0 Å². The van der Waals surface area contributed by atoms with Crippen molar-refractivity contribution in [2.75, 3.05) is 29.2 Å². The number of hydrogen-bond donors (Lipinski definition) is 2. The molecule has 1 aromatic rings. The maximum atomic E-state index is 11.3. The lowest BCUT2D eigenvalue weighted by Gasteiger charge is -2.17. The molecule has 0 aliphatic heterocycles. The minimum atomic E-state index is -3.01. The Morgan fingerprint density at radius 3 is 2.35 bits per heavy atom. The molecule has 1 heterocycles. The maximum absolute atomic E-state index is 11.3. The van der Waals surface area contributed by atoms with Crippen LogP contribution in [0.4, 0.5) is 11.6 Å². The highest BCUT2D eigenvalue weighted by Gasteiger charge is 2.14. The third kappa shape index (κ3) is 5.32. The molecule has 114 valence electrons. The van der Waals surface area contributed by atoms with Gasteiger partial charge in [0.1, 0.15) is 27.3 Å². The molecule has 20 heavy (non-hydrogen) atoms. The molecule has 0 saturated heterocycles. The molecule has 0 fully saturated rings. The molecule has 7 heteroatoms. The number of anilines is 2. The monoisotopic (exact) mass is 300 g/mol. The molecule has 1 unspecified atom stereocenters. The molecule has 6 nitrogen and oxygen atoms in total. The van der Waals surface area contributed by atoms with E-state index in [1.807, 2.05) is 20.8 Å². The number of hydrogen-bond acceptors (Lipinski definition) is 6. The molecule has 0 spiro atoms. The molecule has 0 aliphatic carbocycles. The van der Waals surface area contributed by atoms with Gasteiger partial charge in [0, 0.05) is 24.4 Å². The van der Waals surface area contributed by atoms with Crippen LogP contribution in [0.25, 0.3) is 0 Å². The van der Waals surface area contributed by atoms with Gasteiger partial charge < -0.3 is 10.6 Å². The molecule has 0 aromatic carbocycles. The molecule has 0 aliphatic rings. The first-order valence-electron chi connectivity index (χ1n) is 6.76. The molecular formula is C13H24N4O2S. The highest BCUT2D eigenvalue weighted by molar-refractivity contribution is 7.90. The lowest BCUT2D eigenvalue weighted by Crippen LogP contribution is -2.26. The van der Waals surface area contributed by atoms with E-state index in [1.54, 1.807) is 0 Å². The minimum Gasteiger partial charge on any atom is -0.370 e.